The first-order valence-corrected chi connectivity index (χ1v) is 3.92. The van der Waals surface area contributed by atoms with E-state index in [1.807, 2.05) is 0 Å². The predicted octanol–water partition coefficient (Wildman–Crippen LogP) is 1.86. The highest BCUT2D eigenvalue weighted by molar-refractivity contribution is 5.65. The molecule has 0 rings (SSSR count). The Balaban J connectivity index is 3.46. The van der Waals surface area contributed by atoms with Crippen LogP contribution >= 0.6 is 0 Å². The quantitative estimate of drug-likeness (QED) is 0.728. The number of rotatable bonds is 4. The average molecular weight is 215 g/mol. The van der Waals surface area contributed by atoms with E-state index in [1.54, 1.807) is 13.8 Å². The molecule has 0 aromatic carbocycles. The van der Waals surface area contributed by atoms with E-state index < -0.39 is 18.9 Å². The van der Waals surface area contributed by atoms with Crippen molar-refractivity contribution in [2.75, 3.05) is 13.2 Å². The second-order valence-corrected chi connectivity index (χ2v) is 3.00. The van der Waals surface area contributed by atoms with Gasteiger partial charge in [-0.3, -0.25) is 4.84 Å². The van der Waals surface area contributed by atoms with Crippen molar-refractivity contribution in [1.82, 2.24) is 5.48 Å². The maximum atomic E-state index is 11.5. The fourth-order valence-electron chi connectivity index (χ4n) is 0.449. The Hall–Kier alpha value is -0.980. The van der Waals surface area contributed by atoms with Crippen molar-refractivity contribution in [1.29, 1.82) is 0 Å². The summed E-state index contributed by atoms with van der Waals surface area (Å²) in [7, 11) is 0. The third-order valence-corrected chi connectivity index (χ3v) is 0.939. The van der Waals surface area contributed by atoms with Crippen molar-refractivity contribution >= 4 is 6.09 Å². The molecule has 0 saturated carbocycles. The molecule has 0 aliphatic rings. The topological polar surface area (TPSA) is 47.6 Å². The van der Waals surface area contributed by atoms with Crippen LogP contribution in [0.5, 0.6) is 0 Å². The smallest absolute Gasteiger partial charge is 0.431 e. The Bertz CT molecular complexity index is 182. The Morgan fingerprint density at radius 3 is 2.43 bits per heavy atom. The third kappa shape index (κ3) is 9.11. The second-order valence-electron chi connectivity index (χ2n) is 3.00. The van der Waals surface area contributed by atoms with Crippen LogP contribution in [0, 0.1) is 5.92 Å². The lowest BCUT2D eigenvalue weighted by atomic mass is 10.2. The number of hydroxylamine groups is 1. The summed E-state index contributed by atoms with van der Waals surface area (Å²) >= 11 is 0. The zero-order chi connectivity index (χ0) is 11.2. The van der Waals surface area contributed by atoms with Crippen LogP contribution < -0.4 is 5.48 Å². The van der Waals surface area contributed by atoms with Gasteiger partial charge in [0, 0.05) is 0 Å². The number of alkyl halides is 3. The summed E-state index contributed by atoms with van der Waals surface area (Å²) < 4.78 is 39.0. The number of carbonyl (C=O) groups is 1. The minimum atomic E-state index is -4.47. The van der Waals surface area contributed by atoms with Crippen LogP contribution in [-0.2, 0) is 9.57 Å². The van der Waals surface area contributed by atoms with Crippen molar-refractivity contribution in [3.8, 4) is 0 Å². The van der Waals surface area contributed by atoms with E-state index in [2.05, 4.69) is 9.57 Å². The van der Waals surface area contributed by atoms with Gasteiger partial charge < -0.3 is 4.74 Å². The van der Waals surface area contributed by atoms with Crippen molar-refractivity contribution in [3.05, 3.63) is 0 Å². The molecule has 1 amide bonds. The maximum Gasteiger partial charge on any atom is 0.431 e. The van der Waals surface area contributed by atoms with Crippen molar-refractivity contribution < 1.29 is 27.5 Å². The lowest BCUT2D eigenvalue weighted by Gasteiger charge is -2.09. The van der Waals surface area contributed by atoms with Crippen molar-refractivity contribution in [3.63, 3.8) is 0 Å². The van der Waals surface area contributed by atoms with E-state index in [0.717, 1.165) is 0 Å². The number of carbonyl (C=O) groups excluding carboxylic acids is 1. The second kappa shape index (κ2) is 5.69. The fraction of sp³-hybridized carbons (Fsp3) is 0.857. The van der Waals surface area contributed by atoms with Gasteiger partial charge in [0.1, 0.15) is 0 Å². The number of hydrogen-bond donors (Lipinski definition) is 1. The van der Waals surface area contributed by atoms with E-state index in [9.17, 15) is 18.0 Å². The molecule has 0 radical (unpaired) electrons. The first-order valence-electron chi connectivity index (χ1n) is 3.92. The molecule has 0 aliphatic heterocycles. The van der Waals surface area contributed by atoms with Gasteiger partial charge in [0.25, 0.3) is 0 Å². The molecule has 0 unspecified atom stereocenters. The predicted molar refractivity (Wildman–Crippen MR) is 41.3 cm³/mol. The number of ether oxygens (including phenoxy) is 1. The Morgan fingerprint density at radius 2 is 2.00 bits per heavy atom. The van der Waals surface area contributed by atoms with E-state index in [0.29, 0.717) is 0 Å². The molecule has 0 aliphatic carbocycles. The van der Waals surface area contributed by atoms with Crippen molar-refractivity contribution in [2.45, 2.75) is 20.0 Å². The molecule has 0 saturated heterocycles. The van der Waals surface area contributed by atoms with Crippen LogP contribution in [0.4, 0.5) is 18.0 Å². The van der Waals surface area contributed by atoms with Gasteiger partial charge in [-0.05, 0) is 5.92 Å². The molecule has 0 fully saturated rings. The largest absolute Gasteiger partial charge is 0.448 e. The third-order valence-electron chi connectivity index (χ3n) is 0.939. The Kier molecular flexibility index (Phi) is 5.29. The average Bonchev–Trinajstić information content (AvgIpc) is 1.98. The Labute approximate surface area is 79.3 Å². The zero-order valence-electron chi connectivity index (χ0n) is 7.85. The van der Waals surface area contributed by atoms with Crippen molar-refractivity contribution in [2.24, 2.45) is 5.92 Å². The molecular formula is C7H12F3NO3. The lowest BCUT2D eigenvalue weighted by molar-refractivity contribution is -0.185. The maximum absolute atomic E-state index is 11.5. The highest BCUT2D eigenvalue weighted by atomic mass is 19.4. The molecule has 7 heteroatoms. The van der Waals surface area contributed by atoms with Gasteiger partial charge in [-0.15, -0.1) is 0 Å². The van der Waals surface area contributed by atoms with Gasteiger partial charge in [0.05, 0.1) is 6.61 Å². The SMILES string of the molecule is CC(C)COC(=O)NOCC(F)(F)F. The van der Waals surface area contributed by atoms with E-state index in [1.165, 1.54) is 5.48 Å². The molecule has 14 heavy (non-hydrogen) atoms. The number of nitrogens with one attached hydrogen (secondary N) is 1. The molecule has 0 bridgehead atoms. The van der Waals surface area contributed by atoms with E-state index in [-0.39, 0.29) is 12.5 Å². The zero-order valence-corrected chi connectivity index (χ0v) is 7.85. The minimum absolute atomic E-state index is 0.114. The fourth-order valence-corrected chi connectivity index (χ4v) is 0.449. The summed E-state index contributed by atoms with van der Waals surface area (Å²) in [4.78, 5) is 14.5. The molecule has 4 nitrogen and oxygen atoms in total. The first-order chi connectivity index (χ1) is 6.31. The highest BCUT2D eigenvalue weighted by Gasteiger charge is 2.28. The van der Waals surface area contributed by atoms with Gasteiger partial charge in [0.15, 0.2) is 6.61 Å². The summed E-state index contributed by atoms with van der Waals surface area (Å²) in [5.74, 6) is 0.114. The summed E-state index contributed by atoms with van der Waals surface area (Å²) in [5.41, 5.74) is 1.51. The van der Waals surface area contributed by atoms with Gasteiger partial charge >= 0.3 is 12.3 Å². The molecular weight excluding hydrogens is 203 g/mol. The standard InChI is InChI=1S/C7H12F3NO3/c1-5(2)3-13-6(12)11-14-4-7(8,9)10/h5H,3-4H2,1-2H3,(H,11,12). The highest BCUT2D eigenvalue weighted by Crippen LogP contribution is 2.13. The van der Waals surface area contributed by atoms with Crippen LogP contribution in [0.25, 0.3) is 0 Å². The summed E-state index contributed by atoms with van der Waals surface area (Å²) in [6.07, 6.45) is -5.49. The first kappa shape index (κ1) is 13.0. The number of amides is 1. The lowest BCUT2D eigenvalue weighted by Crippen LogP contribution is -2.30. The summed E-state index contributed by atoms with van der Waals surface area (Å²) in [5, 5.41) is 0. The van der Waals surface area contributed by atoms with Crippen LogP contribution in [0.1, 0.15) is 13.8 Å². The van der Waals surface area contributed by atoms with Gasteiger partial charge in [-0.1, -0.05) is 13.8 Å². The van der Waals surface area contributed by atoms with Crippen LogP contribution in [0.3, 0.4) is 0 Å². The van der Waals surface area contributed by atoms with Gasteiger partial charge in [-0.2, -0.15) is 18.7 Å². The monoisotopic (exact) mass is 215 g/mol. The number of halogens is 3. The summed E-state index contributed by atoms with van der Waals surface area (Å²) in [6, 6.07) is 0. The summed E-state index contributed by atoms with van der Waals surface area (Å²) in [6.45, 7) is 2.18. The van der Waals surface area contributed by atoms with Crippen LogP contribution in [-0.4, -0.2) is 25.5 Å². The molecule has 0 aromatic heterocycles. The van der Waals surface area contributed by atoms with Gasteiger partial charge in [-0.25, -0.2) is 4.79 Å². The molecule has 84 valence electrons. The molecule has 0 spiro atoms. The molecule has 0 aromatic rings. The minimum Gasteiger partial charge on any atom is -0.448 e. The Morgan fingerprint density at radius 1 is 1.43 bits per heavy atom. The molecule has 0 atom stereocenters. The normalized spacial score (nSPS) is 11.6. The van der Waals surface area contributed by atoms with E-state index >= 15 is 0 Å². The number of hydrogen-bond acceptors (Lipinski definition) is 3. The van der Waals surface area contributed by atoms with Crippen LogP contribution in [0.15, 0.2) is 0 Å². The van der Waals surface area contributed by atoms with Crippen LogP contribution in [0.2, 0.25) is 0 Å². The van der Waals surface area contributed by atoms with Gasteiger partial charge in [0.2, 0.25) is 0 Å². The molecule has 0 heterocycles. The van der Waals surface area contributed by atoms with E-state index in [4.69, 9.17) is 0 Å². The molecule has 1 N–H and O–H groups in total.